The topological polar surface area (TPSA) is 88.6 Å². The lowest BCUT2D eigenvalue weighted by Gasteiger charge is -2.24. The van der Waals surface area contributed by atoms with Crippen LogP contribution in [-0.4, -0.2) is 33.7 Å². The lowest BCUT2D eigenvalue weighted by atomic mass is 10.0. The Bertz CT molecular complexity index is 1380. The van der Waals surface area contributed by atoms with Crippen molar-refractivity contribution in [3.05, 3.63) is 112 Å². The largest absolute Gasteiger partial charge is 0.458 e. The number of fused-ring (bicyclic) bond motifs is 1. The number of nitrogens with zero attached hydrogens (tertiary/aromatic N) is 2. The number of thiazole rings is 1. The van der Waals surface area contributed by atoms with Crippen LogP contribution in [0.4, 0.5) is 10.8 Å². The van der Waals surface area contributed by atoms with Crippen molar-refractivity contribution in [1.82, 2.24) is 9.88 Å². The van der Waals surface area contributed by atoms with Gasteiger partial charge in [0.25, 0.3) is 11.8 Å². The molecule has 7 nitrogen and oxygen atoms in total. The zero-order chi connectivity index (χ0) is 25.1. The van der Waals surface area contributed by atoms with Crippen LogP contribution in [-0.2, 0) is 22.6 Å². The van der Waals surface area contributed by atoms with Gasteiger partial charge in [-0.05, 0) is 36.8 Å². The fourth-order valence-corrected chi connectivity index (χ4v) is 4.76. The minimum Gasteiger partial charge on any atom is -0.458 e. The molecule has 1 atom stereocenters. The number of anilines is 2. The molecule has 1 aromatic heterocycles. The summed E-state index contributed by atoms with van der Waals surface area (Å²) in [6, 6.07) is 22.7. The summed E-state index contributed by atoms with van der Waals surface area (Å²) in [6.07, 6.45) is 0.155. The molecule has 1 aliphatic rings. The highest BCUT2D eigenvalue weighted by molar-refractivity contribution is 7.13. The van der Waals surface area contributed by atoms with Gasteiger partial charge in [0.1, 0.15) is 12.6 Å². The lowest BCUT2D eigenvalue weighted by molar-refractivity contribution is -0.149. The monoisotopic (exact) mass is 497 g/mol. The summed E-state index contributed by atoms with van der Waals surface area (Å²) in [5.74, 6) is -1.65. The summed E-state index contributed by atoms with van der Waals surface area (Å²) >= 11 is 1.40. The number of hydrogen-bond donors (Lipinski definition) is 1. The van der Waals surface area contributed by atoms with Crippen LogP contribution >= 0.6 is 11.3 Å². The van der Waals surface area contributed by atoms with Gasteiger partial charge in [0.05, 0.1) is 16.8 Å². The number of nitrogens with one attached hydrogen (secondary N) is 1. The highest BCUT2D eigenvalue weighted by Gasteiger charge is 2.43. The third kappa shape index (κ3) is 4.89. The van der Waals surface area contributed by atoms with Crippen molar-refractivity contribution >= 4 is 39.9 Å². The van der Waals surface area contributed by atoms with Gasteiger partial charge in [0.15, 0.2) is 5.13 Å². The smallest absolute Gasteiger partial charge is 0.330 e. The number of amides is 2. The lowest BCUT2D eigenvalue weighted by Crippen LogP contribution is -2.47. The highest BCUT2D eigenvalue weighted by Crippen LogP contribution is 2.27. The number of carbonyl (C=O) groups excluding carboxylic acids is 3. The van der Waals surface area contributed by atoms with E-state index in [2.05, 4.69) is 10.3 Å². The second kappa shape index (κ2) is 10.1. The average Bonchev–Trinajstić information content (AvgIpc) is 3.45. The van der Waals surface area contributed by atoms with E-state index in [4.69, 9.17) is 4.74 Å². The molecule has 5 rings (SSSR count). The van der Waals surface area contributed by atoms with Gasteiger partial charge in [-0.1, -0.05) is 60.2 Å². The molecular weight excluding hydrogens is 474 g/mol. The number of ether oxygens (including phenoxy) is 1. The zero-order valence-electron chi connectivity index (χ0n) is 19.5. The average molecular weight is 498 g/mol. The molecule has 1 aliphatic heterocycles. The van der Waals surface area contributed by atoms with Gasteiger partial charge in [-0.2, -0.15) is 0 Å². The first kappa shape index (κ1) is 23.4. The summed E-state index contributed by atoms with van der Waals surface area (Å²) in [5, 5.41) is 5.71. The first-order valence-corrected chi connectivity index (χ1v) is 12.3. The molecule has 1 unspecified atom stereocenters. The Balaban J connectivity index is 1.31. The van der Waals surface area contributed by atoms with Crippen molar-refractivity contribution in [2.75, 3.05) is 5.32 Å². The number of carbonyl (C=O) groups is 3. The number of benzene rings is 3. The van der Waals surface area contributed by atoms with E-state index >= 15 is 0 Å². The quantitative estimate of drug-likeness (QED) is 0.268. The maximum absolute atomic E-state index is 13.3. The predicted molar refractivity (Wildman–Crippen MR) is 137 cm³/mol. The number of aromatic nitrogens is 1. The molecule has 0 saturated carbocycles. The molecule has 4 aromatic rings. The standard InChI is InChI=1S/C28H23N3O4S/c1-18-11-13-20(14-12-18)29-28-30-21(17-36-28)16-35-27(34)24(15-19-7-3-2-4-8-19)31-25(32)22-9-5-6-10-23(22)26(31)33/h2-14,17,24H,15-16H2,1H3,(H,29,30). The van der Waals surface area contributed by atoms with Crippen LogP contribution in [0.15, 0.2) is 84.2 Å². The third-order valence-corrected chi connectivity index (χ3v) is 6.70. The molecule has 0 fully saturated rings. The molecule has 2 amide bonds. The van der Waals surface area contributed by atoms with E-state index in [1.54, 1.807) is 29.6 Å². The second-order valence-electron chi connectivity index (χ2n) is 8.47. The normalized spacial score (nSPS) is 13.4. The van der Waals surface area contributed by atoms with Crippen LogP contribution in [0.3, 0.4) is 0 Å². The number of esters is 1. The third-order valence-electron chi connectivity index (χ3n) is 5.90. The molecule has 0 saturated heterocycles. The molecule has 180 valence electrons. The van der Waals surface area contributed by atoms with E-state index in [1.165, 1.54) is 11.3 Å². The van der Waals surface area contributed by atoms with Gasteiger partial charge in [0.2, 0.25) is 0 Å². The summed E-state index contributed by atoms with van der Waals surface area (Å²) in [4.78, 5) is 45.0. The van der Waals surface area contributed by atoms with Crippen molar-refractivity contribution < 1.29 is 19.1 Å². The molecular formula is C28H23N3O4S. The Morgan fingerprint density at radius 2 is 1.58 bits per heavy atom. The zero-order valence-corrected chi connectivity index (χ0v) is 20.3. The first-order chi connectivity index (χ1) is 17.5. The number of hydrogen-bond acceptors (Lipinski definition) is 7. The SMILES string of the molecule is Cc1ccc(Nc2nc(COC(=O)C(Cc3ccccc3)N3C(=O)c4ccccc4C3=O)cs2)cc1. The van der Waals surface area contributed by atoms with Gasteiger partial charge in [-0.15, -0.1) is 11.3 Å². The fourth-order valence-electron chi connectivity index (χ4n) is 4.04. The van der Waals surface area contributed by atoms with Crippen molar-refractivity contribution in [3.8, 4) is 0 Å². The Kier molecular flexibility index (Phi) is 6.60. The summed E-state index contributed by atoms with van der Waals surface area (Å²) in [6.45, 7) is 1.95. The van der Waals surface area contributed by atoms with Crippen LogP contribution in [0.5, 0.6) is 0 Å². The molecule has 2 heterocycles. The Morgan fingerprint density at radius 3 is 2.25 bits per heavy atom. The number of aryl methyl sites for hydroxylation is 1. The minimum absolute atomic E-state index is 0.0701. The van der Waals surface area contributed by atoms with Crippen LogP contribution in [0.25, 0.3) is 0 Å². The van der Waals surface area contributed by atoms with E-state index in [9.17, 15) is 14.4 Å². The first-order valence-electron chi connectivity index (χ1n) is 11.4. The van der Waals surface area contributed by atoms with E-state index in [0.29, 0.717) is 22.0 Å². The number of imide groups is 1. The van der Waals surface area contributed by atoms with E-state index in [0.717, 1.165) is 21.7 Å². The van der Waals surface area contributed by atoms with Crippen molar-refractivity contribution in [2.45, 2.75) is 26.0 Å². The fraction of sp³-hybridized carbons (Fsp3) is 0.143. The molecule has 0 radical (unpaired) electrons. The molecule has 3 aromatic carbocycles. The van der Waals surface area contributed by atoms with E-state index in [1.807, 2.05) is 61.5 Å². The van der Waals surface area contributed by atoms with Crippen LogP contribution in [0.2, 0.25) is 0 Å². The van der Waals surface area contributed by atoms with Gasteiger partial charge < -0.3 is 10.1 Å². The van der Waals surface area contributed by atoms with Crippen LogP contribution in [0, 0.1) is 6.92 Å². The summed E-state index contributed by atoms with van der Waals surface area (Å²) < 4.78 is 5.58. The molecule has 1 N–H and O–H groups in total. The maximum Gasteiger partial charge on any atom is 0.330 e. The summed E-state index contributed by atoms with van der Waals surface area (Å²) in [5.41, 5.74) is 4.04. The predicted octanol–water partition coefficient (Wildman–Crippen LogP) is 5.15. The van der Waals surface area contributed by atoms with Gasteiger partial charge in [-0.25, -0.2) is 9.78 Å². The van der Waals surface area contributed by atoms with Crippen molar-refractivity contribution in [2.24, 2.45) is 0 Å². The second-order valence-corrected chi connectivity index (χ2v) is 9.33. The van der Waals surface area contributed by atoms with Crippen molar-refractivity contribution in [3.63, 3.8) is 0 Å². The maximum atomic E-state index is 13.3. The Morgan fingerprint density at radius 1 is 0.944 bits per heavy atom. The Labute approximate surface area is 212 Å². The minimum atomic E-state index is -1.09. The number of rotatable bonds is 8. The van der Waals surface area contributed by atoms with Crippen LogP contribution in [0.1, 0.15) is 37.5 Å². The molecule has 36 heavy (non-hydrogen) atoms. The Hall–Kier alpha value is -4.30. The molecule has 0 spiro atoms. The van der Waals surface area contributed by atoms with E-state index < -0.39 is 23.8 Å². The van der Waals surface area contributed by atoms with Gasteiger partial charge >= 0.3 is 5.97 Å². The van der Waals surface area contributed by atoms with Gasteiger partial charge in [-0.3, -0.25) is 14.5 Å². The molecule has 0 bridgehead atoms. The molecule has 8 heteroatoms. The summed E-state index contributed by atoms with van der Waals surface area (Å²) in [7, 11) is 0. The van der Waals surface area contributed by atoms with Crippen molar-refractivity contribution in [1.29, 1.82) is 0 Å². The van der Waals surface area contributed by atoms with E-state index in [-0.39, 0.29) is 13.0 Å². The van der Waals surface area contributed by atoms with Gasteiger partial charge in [0, 0.05) is 17.5 Å². The molecule has 0 aliphatic carbocycles. The van der Waals surface area contributed by atoms with Crippen LogP contribution < -0.4 is 5.32 Å². The highest BCUT2D eigenvalue weighted by atomic mass is 32.1.